The Kier molecular flexibility index (Phi) is 2.79. The third-order valence-corrected chi connectivity index (χ3v) is 4.14. The van der Waals surface area contributed by atoms with Crippen molar-refractivity contribution in [3.05, 3.63) is 0 Å². The van der Waals surface area contributed by atoms with E-state index in [0.717, 1.165) is 30.9 Å². The fourth-order valence-electron chi connectivity index (χ4n) is 1.94. The van der Waals surface area contributed by atoms with Gasteiger partial charge in [-0.2, -0.15) is 11.8 Å². The predicted octanol–water partition coefficient (Wildman–Crippen LogP) is 0.299. The maximum Gasteiger partial charge on any atom is 0.226 e. The van der Waals surface area contributed by atoms with E-state index in [-0.39, 0.29) is 0 Å². The standard InChI is InChI=1S/C9H16N2OS/c10-5-8-1-3-11(8)9(12)7-2-4-13-6-7/h7-8H,1-6,10H2. The molecule has 2 aliphatic rings. The van der Waals surface area contributed by atoms with E-state index in [9.17, 15) is 4.79 Å². The van der Waals surface area contributed by atoms with Gasteiger partial charge in [-0.05, 0) is 18.6 Å². The first-order valence-electron chi connectivity index (χ1n) is 4.91. The Morgan fingerprint density at radius 3 is 2.85 bits per heavy atom. The van der Waals surface area contributed by atoms with Crippen LogP contribution in [0.2, 0.25) is 0 Å². The Hall–Kier alpha value is -0.220. The predicted molar refractivity (Wildman–Crippen MR) is 54.6 cm³/mol. The van der Waals surface area contributed by atoms with Crippen molar-refractivity contribution in [3.63, 3.8) is 0 Å². The average Bonchev–Trinajstić information content (AvgIpc) is 2.54. The summed E-state index contributed by atoms with van der Waals surface area (Å²) in [6.07, 6.45) is 2.17. The minimum atomic E-state index is 0.291. The van der Waals surface area contributed by atoms with Crippen LogP contribution in [0.25, 0.3) is 0 Å². The summed E-state index contributed by atoms with van der Waals surface area (Å²) in [5, 5.41) is 0. The van der Waals surface area contributed by atoms with Crippen LogP contribution in [0.1, 0.15) is 12.8 Å². The molecular formula is C9H16N2OS. The van der Waals surface area contributed by atoms with Gasteiger partial charge in [-0.15, -0.1) is 0 Å². The van der Waals surface area contributed by atoms with E-state index in [1.807, 2.05) is 16.7 Å². The summed E-state index contributed by atoms with van der Waals surface area (Å²) in [7, 11) is 0. The fraction of sp³-hybridized carbons (Fsp3) is 0.889. The van der Waals surface area contributed by atoms with Gasteiger partial charge in [-0.25, -0.2) is 0 Å². The van der Waals surface area contributed by atoms with Crippen molar-refractivity contribution in [1.29, 1.82) is 0 Å². The van der Waals surface area contributed by atoms with Crippen molar-refractivity contribution < 1.29 is 4.79 Å². The van der Waals surface area contributed by atoms with Gasteiger partial charge in [-0.1, -0.05) is 0 Å². The third kappa shape index (κ3) is 1.70. The minimum absolute atomic E-state index is 0.291. The molecule has 4 heteroatoms. The molecule has 0 aromatic heterocycles. The summed E-state index contributed by atoms with van der Waals surface area (Å²) in [4.78, 5) is 13.8. The summed E-state index contributed by atoms with van der Waals surface area (Å²) in [6.45, 7) is 1.56. The van der Waals surface area contributed by atoms with Gasteiger partial charge in [0.05, 0.1) is 0 Å². The van der Waals surface area contributed by atoms with Crippen molar-refractivity contribution in [2.24, 2.45) is 11.7 Å². The molecule has 0 spiro atoms. The van der Waals surface area contributed by atoms with Crippen molar-refractivity contribution >= 4 is 17.7 Å². The van der Waals surface area contributed by atoms with Crippen LogP contribution in [-0.4, -0.2) is 41.4 Å². The lowest BCUT2D eigenvalue weighted by Crippen LogP contribution is -2.56. The molecule has 2 rings (SSSR count). The molecule has 2 atom stereocenters. The van der Waals surface area contributed by atoms with Crippen molar-refractivity contribution in [1.82, 2.24) is 4.90 Å². The molecule has 1 amide bonds. The van der Waals surface area contributed by atoms with Crippen molar-refractivity contribution in [2.75, 3.05) is 24.6 Å². The SMILES string of the molecule is NCC1CCN1C(=O)C1CCSC1. The molecule has 0 bridgehead atoms. The molecular weight excluding hydrogens is 184 g/mol. The molecule has 0 aromatic carbocycles. The average molecular weight is 200 g/mol. The maximum atomic E-state index is 11.9. The van der Waals surface area contributed by atoms with E-state index in [1.54, 1.807) is 0 Å². The van der Waals surface area contributed by atoms with Gasteiger partial charge in [0.15, 0.2) is 0 Å². The number of hydrogen-bond donors (Lipinski definition) is 1. The molecule has 2 saturated heterocycles. The topological polar surface area (TPSA) is 46.3 Å². The van der Waals surface area contributed by atoms with Crippen LogP contribution in [-0.2, 0) is 4.79 Å². The van der Waals surface area contributed by atoms with E-state index >= 15 is 0 Å². The Balaban J connectivity index is 1.89. The summed E-state index contributed by atoms with van der Waals surface area (Å²) in [5.41, 5.74) is 5.56. The van der Waals surface area contributed by atoms with Crippen LogP contribution in [0, 0.1) is 5.92 Å². The third-order valence-electron chi connectivity index (χ3n) is 2.98. The summed E-state index contributed by atoms with van der Waals surface area (Å²) >= 11 is 1.89. The number of nitrogens with two attached hydrogens (primary N) is 1. The lowest BCUT2D eigenvalue weighted by molar-refractivity contribution is -0.142. The molecule has 2 aliphatic heterocycles. The minimum Gasteiger partial charge on any atom is -0.338 e. The monoisotopic (exact) mass is 200 g/mol. The molecule has 2 N–H and O–H groups in total. The summed E-state index contributed by atoms with van der Waals surface area (Å²) < 4.78 is 0. The Bertz CT molecular complexity index is 202. The van der Waals surface area contributed by atoms with Gasteiger partial charge in [0.2, 0.25) is 5.91 Å². The number of rotatable bonds is 2. The van der Waals surface area contributed by atoms with Crippen LogP contribution in [0.4, 0.5) is 0 Å². The van der Waals surface area contributed by atoms with E-state index in [0.29, 0.717) is 24.4 Å². The first kappa shape index (κ1) is 9.34. The Morgan fingerprint density at radius 1 is 1.54 bits per heavy atom. The highest BCUT2D eigenvalue weighted by molar-refractivity contribution is 7.99. The second-order valence-corrected chi connectivity index (χ2v) is 4.92. The van der Waals surface area contributed by atoms with Crippen molar-refractivity contribution in [2.45, 2.75) is 18.9 Å². The van der Waals surface area contributed by atoms with Gasteiger partial charge in [-0.3, -0.25) is 4.79 Å². The first-order valence-corrected chi connectivity index (χ1v) is 6.06. The normalized spacial score (nSPS) is 33.2. The molecule has 2 fully saturated rings. The van der Waals surface area contributed by atoms with E-state index in [2.05, 4.69) is 0 Å². The van der Waals surface area contributed by atoms with E-state index < -0.39 is 0 Å². The summed E-state index contributed by atoms with van der Waals surface area (Å²) in [6, 6.07) is 0.345. The second-order valence-electron chi connectivity index (χ2n) is 3.77. The number of nitrogens with zero attached hydrogens (tertiary/aromatic N) is 1. The lowest BCUT2D eigenvalue weighted by atomic mass is 9.98. The highest BCUT2D eigenvalue weighted by Crippen LogP contribution is 2.28. The largest absolute Gasteiger partial charge is 0.338 e. The molecule has 2 heterocycles. The lowest BCUT2D eigenvalue weighted by Gasteiger charge is -2.41. The fourth-order valence-corrected chi connectivity index (χ4v) is 3.15. The van der Waals surface area contributed by atoms with E-state index in [1.165, 1.54) is 0 Å². The zero-order chi connectivity index (χ0) is 9.26. The molecule has 3 nitrogen and oxygen atoms in total. The number of likely N-dealkylation sites (tertiary alicyclic amines) is 1. The number of amides is 1. The molecule has 0 saturated carbocycles. The highest BCUT2D eigenvalue weighted by atomic mass is 32.2. The zero-order valence-corrected chi connectivity index (χ0v) is 8.55. The molecule has 2 unspecified atom stereocenters. The van der Waals surface area contributed by atoms with Crippen LogP contribution < -0.4 is 5.73 Å². The zero-order valence-electron chi connectivity index (χ0n) is 7.74. The van der Waals surface area contributed by atoms with Crippen LogP contribution >= 0.6 is 11.8 Å². The number of thioether (sulfide) groups is 1. The van der Waals surface area contributed by atoms with Crippen LogP contribution in [0.3, 0.4) is 0 Å². The summed E-state index contributed by atoms with van der Waals surface area (Å²) in [5.74, 6) is 2.82. The molecule has 13 heavy (non-hydrogen) atoms. The molecule has 0 radical (unpaired) electrons. The van der Waals surface area contributed by atoms with Gasteiger partial charge in [0.25, 0.3) is 0 Å². The van der Waals surface area contributed by atoms with Crippen LogP contribution in [0.5, 0.6) is 0 Å². The van der Waals surface area contributed by atoms with Crippen molar-refractivity contribution in [3.8, 4) is 0 Å². The highest BCUT2D eigenvalue weighted by Gasteiger charge is 2.35. The van der Waals surface area contributed by atoms with Gasteiger partial charge >= 0.3 is 0 Å². The van der Waals surface area contributed by atoms with E-state index in [4.69, 9.17) is 5.73 Å². The molecule has 0 aliphatic carbocycles. The number of hydrogen-bond acceptors (Lipinski definition) is 3. The van der Waals surface area contributed by atoms with Gasteiger partial charge in [0, 0.05) is 30.8 Å². The van der Waals surface area contributed by atoms with Gasteiger partial charge < -0.3 is 10.6 Å². The maximum absolute atomic E-state index is 11.9. The second kappa shape index (κ2) is 3.88. The van der Waals surface area contributed by atoms with Gasteiger partial charge in [0.1, 0.15) is 0 Å². The molecule has 74 valence electrons. The van der Waals surface area contributed by atoms with Crippen LogP contribution in [0.15, 0.2) is 0 Å². The number of carbonyl (C=O) groups excluding carboxylic acids is 1. The number of carbonyl (C=O) groups is 1. The molecule has 0 aromatic rings. The quantitative estimate of drug-likeness (QED) is 0.697. The Morgan fingerprint density at radius 2 is 2.38 bits per heavy atom. The smallest absolute Gasteiger partial charge is 0.226 e. The first-order chi connectivity index (χ1) is 6.33. The Labute approximate surface area is 83.0 Å².